The molecule has 1 aliphatic heterocycles. The number of rotatable bonds is 20. The first-order chi connectivity index (χ1) is 29.4. The number of anilines is 1. The molecular formula is C46H56N8O7. The molecule has 15 heteroatoms. The summed E-state index contributed by atoms with van der Waals surface area (Å²) in [6.45, 7) is 2.85. The van der Waals surface area contributed by atoms with E-state index in [0.29, 0.717) is 0 Å². The molecule has 5 rings (SSSR count). The van der Waals surface area contributed by atoms with Gasteiger partial charge < -0.3 is 47.2 Å². The van der Waals surface area contributed by atoms with Crippen molar-refractivity contribution in [3.05, 3.63) is 132 Å². The second-order valence-corrected chi connectivity index (χ2v) is 15.1. The van der Waals surface area contributed by atoms with Crippen LogP contribution in [-0.4, -0.2) is 109 Å². The van der Waals surface area contributed by atoms with Crippen LogP contribution in [-0.2, 0) is 48.0 Å². The number of benzene rings is 4. The Morgan fingerprint density at radius 2 is 1.21 bits per heavy atom. The van der Waals surface area contributed by atoms with Crippen LogP contribution in [0.15, 0.2) is 115 Å². The Bertz CT molecular complexity index is 2050. The Morgan fingerprint density at radius 1 is 0.656 bits per heavy atom. The Hall–Kier alpha value is -6.58. The van der Waals surface area contributed by atoms with Crippen molar-refractivity contribution in [2.75, 3.05) is 44.2 Å². The van der Waals surface area contributed by atoms with Gasteiger partial charge in [-0.05, 0) is 73.6 Å². The van der Waals surface area contributed by atoms with Gasteiger partial charge in [-0.3, -0.25) is 28.8 Å². The summed E-state index contributed by atoms with van der Waals surface area (Å²) < 4.78 is 0. The number of carbonyl (C=O) groups excluding carboxylic acids is 6. The van der Waals surface area contributed by atoms with Crippen LogP contribution >= 0.6 is 0 Å². The van der Waals surface area contributed by atoms with Gasteiger partial charge in [-0.25, -0.2) is 0 Å². The zero-order valence-electron chi connectivity index (χ0n) is 34.4. The minimum absolute atomic E-state index is 0.0469. The van der Waals surface area contributed by atoms with E-state index in [4.69, 9.17) is 5.73 Å². The van der Waals surface area contributed by atoms with E-state index in [1.54, 1.807) is 41.3 Å². The lowest BCUT2D eigenvalue weighted by Crippen LogP contribution is -2.54. The maximum Gasteiger partial charge on any atom is 0.246 e. The molecule has 322 valence electrons. The molecular weight excluding hydrogens is 777 g/mol. The molecule has 6 amide bonds. The quantitative estimate of drug-likeness (QED) is 0.0688. The SMILES string of the molecule is C[C@@H](NC(=O)[C@@H](N)Cc1ccc(O)cc1)C(=O)NCC(=O)N[C@@H](Cc1ccccc1)C(=O)NCC(=O)NCC(=O)N(c1ccccc1)C1CCN(CCc2ccccc2)CC1. The summed E-state index contributed by atoms with van der Waals surface area (Å²) >= 11 is 0. The van der Waals surface area contributed by atoms with E-state index in [9.17, 15) is 33.9 Å². The van der Waals surface area contributed by atoms with Gasteiger partial charge in [0.2, 0.25) is 35.4 Å². The minimum Gasteiger partial charge on any atom is -0.508 e. The molecule has 0 saturated carbocycles. The molecule has 0 spiro atoms. The van der Waals surface area contributed by atoms with Gasteiger partial charge in [0, 0.05) is 37.8 Å². The van der Waals surface area contributed by atoms with Crippen molar-refractivity contribution < 1.29 is 33.9 Å². The molecule has 1 aliphatic rings. The van der Waals surface area contributed by atoms with Gasteiger partial charge >= 0.3 is 0 Å². The van der Waals surface area contributed by atoms with E-state index in [1.807, 2.05) is 54.6 Å². The summed E-state index contributed by atoms with van der Waals surface area (Å²) in [5.41, 5.74) is 9.51. The third-order valence-electron chi connectivity index (χ3n) is 10.5. The van der Waals surface area contributed by atoms with Crippen molar-refractivity contribution in [3.63, 3.8) is 0 Å². The third kappa shape index (κ3) is 14.9. The maximum absolute atomic E-state index is 13.7. The number of hydrogen-bond donors (Lipinski definition) is 7. The number of aromatic hydroxyl groups is 1. The van der Waals surface area contributed by atoms with Crippen molar-refractivity contribution in [2.24, 2.45) is 5.73 Å². The lowest BCUT2D eigenvalue weighted by atomic mass is 10.0. The van der Waals surface area contributed by atoms with E-state index >= 15 is 0 Å². The first-order valence-electron chi connectivity index (χ1n) is 20.6. The number of nitrogens with two attached hydrogens (primary N) is 1. The zero-order chi connectivity index (χ0) is 43.6. The van der Waals surface area contributed by atoms with E-state index in [-0.39, 0.29) is 37.1 Å². The number of nitrogens with zero attached hydrogens (tertiary/aromatic N) is 2. The molecule has 8 N–H and O–H groups in total. The molecule has 61 heavy (non-hydrogen) atoms. The van der Waals surface area contributed by atoms with Gasteiger partial charge in [0.1, 0.15) is 17.8 Å². The number of phenols is 1. The average molecular weight is 833 g/mol. The van der Waals surface area contributed by atoms with Crippen molar-refractivity contribution in [1.82, 2.24) is 31.5 Å². The molecule has 0 aliphatic carbocycles. The molecule has 3 atom stereocenters. The third-order valence-corrected chi connectivity index (χ3v) is 10.5. The van der Waals surface area contributed by atoms with Gasteiger partial charge in [-0.15, -0.1) is 0 Å². The summed E-state index contributed by atoms with van der Waals surface area (Å²) in [4.78, 5) is 82.7. The predicted octanol–water partition coefficient (Wildman–Crippen LogP) is 1.58. The van der Waals surface area contributed by atoms with Crippen LogP contribution in [0.3, 0.4) is 0 Å². The Labute approximate surface area is 356 Å². The summed E-state index contributed by atoms with van der Waals surface area (Å²) in [7, 11) is 0. The Kier molecular flexibility index (Phi) is 17.4. The molecule has 1 saturated heterocycles. The van der Waals surface area contributed by atoms with Crippen molar-refractivity contribution in [1.29, 1.82) is 0 Å². The predicted molar refractivity (Wildman–Crippen MR) is 232 cm³/mol. The van der Waals surface area contributed by atoms with Gasteiger partial charge in [0.05, 0.1) is 25.7 Å². The average Bonchev–Trinajstić information content (AvgIpc) is 3.28. The van der Waals surface area contributed by atoms with Crippen LogP contribution in [0.4, 0.5) is 5.69 Å². The number of likely N-dealkylation sites (tertiary alicyclic amines) is 1. The topological polar surface area (TPSA) is 215 Å². The number of carbonyl (C=O) groups is 6. The number of nitrogens with one attached hydrogen (secondary N) is 5. The summed E-state index contributed by atoms with van der Waals surface area (Å²) in [6.07, 6.45) is 2.79. The van der Waals surface area contributed by atoms with Crippen LogP contribution in [0.1, 0.15) is 36.5 Å². The van der Waals surface area contributed by atoms with Crippen LogP contribution < -0.4 is 37.2 Å². The minimum atomic E-state index is -1.11. The molecule has 0 radical (unpaired) electrons. The van der Waals surface area contributed by atoms with Gasteiger partial charge in [-0.1, -0.05) is 91.0 Å². The highest BCUT2D eigenvalue weighted by molar-refractivity contribution is 5.98. The molecule has 0 bridgehead atoms. The largest absolute Gasteiger partial charge is 0.508 e. The van der Waals surface area contributed by atoms with Gasteiger partial charge in [-0.2, -0.15) is 0 Å². The number of hydrogen-bond acceptors (Lipinski definition) is 9. The Balaban J connectivity index is 1.08. The fourth-order valence-electron chi connectivity index (χ4n) is 7.08. The molecule has 4 aromatic carbocycles. The van der Waals surface area contributed by atoms with Crippen molar-refractivity contribution in [2.45, 2.75) is 63.2 Å². The molecule has 4 aromatic rings. The molecule has 15 nitrogen and oxygen atoms in total. The van der Waals surface area contributed by atoms with Crippen molar-refractivity contribution >= 4 is 41.1 Å². The highest BCUT2D eigenvalue weighted by atomic mass is 16.3. The van der Waals surface area contributed by atoms with Crippen LogP contribution in [0.25, 0.3) is 0 Å². The van der Waals surface area contributed by atoms with Gasteiger partial charge in [0.25, 0.3) is 0 Å². The Morgan fingerprint density at radius 3 is 1.85 bits per heavy atom. The first kappa shape index (κ1) is 45.5. The summed E-state index contributed by atoms with van der Waals surface area (Å²) in [5, 5.41) is 22.3. The fraction of sp³-hybridized carbons (Fsp3) is 0.348. The first-order valence-corrected chi connectivity index (χ1v) is 20.6. The second-order valence-electron chi connectivity index (χ2n) is 15.1. The van der Waals surface area contributed by atoms with Crippen LogP contribution in [0.5, 0.6) is 5.75 Å². The summed E-state index contributed by atoms with van der Waals surface area (Å²) in [6, 6.07) is 31.8. The van der Waals surface area contributed by atoms with Crippen LogP contribution in [0.2, 0.25) is 0 Å². The lowest BCUT2D eigenvalue weighted by Gasteiger charge is -2.38. The van der Waals surface area contributed by atoms with Gasteiger partial charge in [0.15, 0.2) is 0 Å². The number of para-hydroxylation sites is 1. The van der Waals surface area contributed by atoms with E-state index in [2.05, 4.69) is 43.6 Å². The molecule has 1 heterocycles. The normalized spacial score (nSPS) is 14.4. The monoisotopic (exact) mass is 832 g/mol. The maximum atomic E-state index is 13.7. The van der Waals surface area contributed by atoms with Crippen LogP contribution in [0, 0.1) is 0 Å². The van der Waals surface area contributed by atoms with E-state index < -0.39 is 60.8 Å². The lowest BCUT2D eigenvalue weighted by molar-refractivity contribution is -0.132. The molecule has 0 aromatic heterocycles. The highest BCUT2D eigenvalue weighted by Crippen LogP contribution is 2.24. The standard InChI is InChI=1S/C46H56N8O7/c1-32(51-45(60)39(47)27-35-17-19-38(55)20-18-35)44(59)49-30-42(57)52-40(28-34-13-7-3-8-14-34)46(61)50-29-41(56)48-31-43(58)54(36-15-9-4-10-16-36)37-22-25-53(26-23-37)24-21-33-11-5-2-6-12-33/h2-20,32,37,39-40,55H,21-31,47H2,1H3,(H,48,56)(H,49,59)(H,50,61)(H,51,60)(H,52,57)/t32-,39+,40+/m1/s1. The smallest absolute Gasteiger partial charge is 0.246 e. The summed E-state index contributed by atoms with van der Waals surface area (Å²) in [5.74, 6) is -3.31. The zero-order valence-corrected chi connectivity index (χ0v) is 34.4. The number of piperidine rings is 1. The molecule has 1 fully saturated rings. The molecule has 0 unspecified atom stereocenters. The number of amides is 6. The fourth-order valence-corrected chi connectivity index (χ4v) is 7.08. The van der Waals surface area contributed by atoms with E-state index in [0.717, 1.165) is 55.7 Å². The second kappa shape index (κ2) is 23.3. The van der Waals surface area contributed by atoms with Crippen molar-refractivity contribution in [3.8, 4) is 5.75 Å². The number of phenolic OH excluding ortho intramolecular Hbond substituents is 1. The highest BCUT2D eigenvalue weighted by Gasteiger charge is 2.30. The van der Waals surface area contributed by atoms with E-state index in [1.165, 1.54) is 24.6 Å².